The van der Waals surface area contributed by atoms with Crippen molar-refractivity contribution in [3.05, 3.63) is 63.9 Å². The van der Waals surface area contributed by atoms with Crippen molar-refractivity contribution in [2.24, 2.45) is 0 Å². The molecule has 104 valence electrons. The molecule has 0 fully saturated rings. The van der Waals surface area contributed by atoms with Crippen molar-refractivity contribution in [2.75, 3.05) is 5.32 Å². The predicted octanol–water partition coefficient (Wildman–Crippen LogP) is 4.32. The Balaban J connectivity index is 2.33. The first-order valence-electron chi connectivity index (χ1n) is 5.60. The molecule has 0 aromatic heterocycles. The van der Waals surface area contributed by atoms with Gasteiger partial charge in [-0.3, -0.25) is 4.79 Å². The van der Waals surface area contributed by atoms with E-state index in [9.17, 15) is 18.0 Å². The van der Waals surface area contributed by atoms with E-state index >= 15 is 0 Å². The number of nitrogens with one attached hydrogen (secondary N) is 1. The minimum absolute atomic E-state index is 0.0594. The van der Waals surface area contributed by atoms with E-state index in [-0.39, 0.29) is 16.3 Å². The summed E-state index contributed by atoms with van der Waals surface area (Å²) in [6.07, 6.45) is 0. The second-order valence-electron chi connectivity index (χ2n) is 4.18. The predicted molar refractivity (Wildman–Crippen MR) is 70.5 cm³/mol. The van der Waals surface area contributed by atoms with Gasteiger partial charge in [-0.15, -0.1) is 0 Å². The van der Waals surface area contributed by atoms with Crippen molar-refractivity contribution >= 4 is 23.2 Å². The third-order valence-corrected chi connectivity index (χ3v) is 2.94. The van der Waals surface area contributed by atoms with E-state index in [1.807, 2.05) is 0 Å². The molecule has 0 heterocycles. The molecule has 0 spiro atoms. The molecule has 6 heteroatoms. The lowest BCUT2D eigenvalue weighted by molar-refractivity contribution is 0.102. The van der Waals surface area contributed by atoms with E-state index in [1.165, 1.54) is 18.2 Å². The first kappa shape index (κ1) is 14.4. The second-order valence-corrected chi connectivity index (χ2v) is 4.59. The van der Waals surface area contributed by atoms with E-state index in [4.69, 9.17) is 11.6 Å². The summed E-state index contributed by atoms with van der Waals surface area (Å²) in [7, 11) is 0. The first-order chi connectivity index (χ1) is 9.38. The van der Waals surface area contributed by atoms with Gasteiger partial charge >= 0.3 is 0 Å². The Morgan fingerprint density at radius 2 is 1.70 bits per heavy atom. The Morgan fingerprint density at radius 3 is 2.40 bits per heavy atom. The lowest BCUT2D eigenvalue weighted by atomic mass is 10.1. The average molecular weight is 300 g/mol. The van der Waals surface area contributed by atoms with E-state index in [0.29, 0.717) is 12.1 Å². The second kappa shape index (κ2) is 5.54. The third kappa shape index (κ3) is 2.93. The number of rotatable bonds is 2. The van der Waals surface area contributed by atoms with E-state index < -0.39 is 23.4 Å². The van der Waals surface area contributed by atoms with Gasteiger partial charge in [-0.05, 0) is 36.8 Å². The first-order valence-corrected chi connectivity index (χ1v) is 5.98. The number of hydrogen-bond acceptors (Lipinski definition) is 1. The minimum Gasteiger partial charge on any atom is -0.319 e. The van der Waals surface area contributed by atoms with Crippen LogP contribution >= 0.6 is 11.6 Å². The molecule has 0 aliphatic rings. The van der Waals surface area contributed by atoms with Crippen LogP contribution in [0.2, 0.25) is 5.02 Å². The van der Waals surface area contributed by atoms with Crippen molar-refractivity contribution in [3.63, 3.8) is 0 Å². The van der Waals surface area contributed by atoms with Crippen LogP contribution in [0.3, 0.4) is 0 Å². The van der Waals surface area contributed by atoms with Crippen LogP contribution < -0.4 is 5.32 Å². The molecule has 0 unspecified atom stereocenters. The Labute approximate surface area is 118 Å². The van der Waals surface area contributed by atoms with Gasteiger partial charge in [0.15, 0.2) is 11.6 Å². The van der Waals surface area contributed by atoms with Gasteiger partial charge in [0, 0.05) is 0 Å². The van der Waals surface area contributed by atoms with E-state index in [2.05, 4.69) is 5.32 Å². The van der Waals surface area contributed by atoms with Gasteiger partial charge in [-0.2, -0.15) is 0 Å². The maximum absolute atomic E-state index is 13.5. The Morgan fingerprint density at radius 1 is 1.05 bits per heavy atom. The van der Waals surface area contributed by atoms with Crippen molar-refractivity contribution < 1.29 is 18.0 Å². The fraction of sp³-hybridized carbons (Fsp3) is 0.0714. The van der Waals surface area contributed by atoms with Crippen LogP contribution in [-0.4, -0.2) is 5.91 Å². The molecule has 0 aliphatic heterocycles. The molecule has 0 atom stereocenters. The number of amides is 1. The molecule has 2 rings (SSSR count). The Hall–Kier alpha value is -2.01. The smallest absolute Gasteiger partial charge is 0.257 e. The maximum atomic E-state index is 13.5. The highest BCUT2D eigenvalue weighted by atomic mass is 35.5. The average Bonchev–Trinajstić information content (AvgIpc) is 2.38. The normalized spacial score (nSPS) is 10.4. The SMILES string of the molecule is Cc1ccc(F)c(NC(=O)c2cc(F)c(F)cc2Cl)c1. The quantitative estimate of drug-likeness (QED) is 0.822. The molecular formula is C14H9ClF3NO. The standard InChI is InChI=1S/C14H9ClF3NO/c1-7-2-3-10(16)13(4-7)19-14(20)8-5-11(17)12(18)6-9(8)15/h2-6H,1H3,(H,19,20). The van der Waals surface area contributed by atoms with Crippen LogP contribution in [0.4, 0.5) is 18.9 Å². The third-order valence-electron chi connectivity index (χ3n) is 2.62. The number of carbonyl (C=O) groups excluding carboxylic acids is 1. The molecule has 2 nitrogen and oxygen atoms in total. The molecule has 0 radical (unpaired) electrons. The molecule has 2 aromatic rings. The van der Waals surface area contributed by atoms with Gasteiger partial charge in [0.05, 0.1) is 16.3 Å². The van der Waals surface area contributed by atoms with E-state index in [1.54, 1.807) is 6.92 Å². The number of benzene rings is 2. The number of anilines is 1. The lowest BCUT2D eigenvalue weighted by Gasteiger charge is -2.09. The molecule has 2 aromatic carbocycles. The molecule has 0 aliphatic carbocycles. The molecule has 0 bridgehead atoms. The molecule has 0 saturated heterocycles. The molecular weight excluding hydrogens is 291 g/mol. The molecule has 1 amide bonds. The Kier molecular flexibility index (Phi) is 3.99. The van der Waals surface area contributed by atoms with Crippen LogP contribution in [0.25, 0.3) is 0 Å². The van der Waals surface area contributed by atoms with Gasteiger partial charge in [-0.1, -0.05) is 17.7 Å². The summed E-state index contributed by atoms with van der Waals surface area (Å²) in [6, 6.07) is 5.51. The van der Waals surface area contributed by atoms with Crippen molar-refractivity contribution in [2.45, 2.75) is 6.92 Å². The number of carbonyl (C=O) groups is 1. The van der Waals surface area contributed by atoms with Gasteiger partial charge in [0.2, 0.25) is 0 Å². The summed E-state index contributed by atoms with van der Waals surface area (Å²) in [4.78, 5) is 11.9. The van der Waals surface area contributed by atoms with Crippen LogP contribution in [-0.2, 0) is 0 Å². The molecule has 0 saturated carbocycles. The highest BCUT2D eigenvalue weighted by molar-refractivity contribution is 6.34. The monoisotopic (exact) mass is 299 g/mol. The maximum Gasteiger partial charge on any atom is 0.257 e. The van der Waals surface area contributed by atoms with E-state index in [0.717, 1.165) is 5.56 Å². The molecule has 1 N–H and O–H groups in total. The fourth-order valence-electron chi connectivity index (χ4n) is 1.62. The zero-order valence-electron chi connectivity index (χ0n) is 10.3. The topological polar surface area (TPSA) is 29.1 Å². The summed E-state index contributed by atoms with van der Waals surface area (Å²) in [6.45, 7) is 1.72. The van der Waals surface area contributed by atoms with Gasteiger partial charge < -0.3 is 5.32 Å². The van der Waals surface area contributed by atoms with Crippen LogP contribution in [0.15, 0.2) is 30.3 Å². The van der Waals surface area contributed by atoms with Gasteiger partial charge in [-0.25, -0.2) is 13.2 Å². The number of halogens is 4. The highest BCUT2D eigenvalue weighted by Crippen LogP contribution is 2.22. The Bertz CT molecular complexity index is 688. The lowest BCUT2D eigenvalue weighted by Crippen LogP contribution is -2.14. The zero-order chi connectivity index (χ0) is 14.9. The number of hydrogen-bond donors (Lipinski definition) is 1. The van der Waals surface area contributed by atoms with Crippen molar-refractivity contribution in [3.8, 4) is 0 Å². The summed E-state index contributed by atoms with van der Waals surface area (Å²) in [5, 5.41) is 2.01. The van der Waals surface area contributed by atoms with Crippen molar-refractivity contribution in [1.82, 2.24) is 0 Å². The summed E-state index contributed by atoms with van der Waals surface area (Å²) in [5.41, 5.74) is 0.403. The zero-order valence-corrected chi connectivity index (χ0v) is 11.1. The molecule has 20 heavy (non-hydrogen) atoms. The van der Waals surface area contributed by atoms with Crippen LogP contribution in [0, 0.1) is 24.4 Å². The van der Waals surface area contributed by atoms with Gasteiger partial charge in [0.25, 0.3) is 5.91 Å². The largest absolute Gasteiger partial charge is 0.319 e. The summed E-state index contributed by atoms with van der Waals surface area (Å²) >= 11 is 5.67. The minimum atomic E-state index is -1.20. The fourth-order valence-corrected chi connectivity index (χ4v) is 1.86. The number of aryl methyl sites for hydroxylation is 1. The van der Waals surface area contributed by atoms with Crippen LogP contribution in [0.5, 0.6) is 0 Å². The highest BCUT2D eigenvalue weighted by Gasteiger charge is 2.16. The van der Waals surface area contributed by atoms with Crippen LogP contribution in [0.1, 0.15) is 15.9 Å². The van der Waals surface area contributed by atoms with Crippen molar-refractivity contribution in [1.29, 1.82) is 0 Å². The summed E-state index contributed by atoms with van der Waals surface area (Å²) in [5.74, 6) is -3.82. The summed E-state index contributed by atoms with van der Waals surface area (Å²) < 4.78 is 39.5. The van der Waals surface area contributed by atoms with Gasteiger partial charge in [0.1, 0.15) is 5.82 Å².